The number of para-hydroxylation sites is 1. The Bertz CT molecular complexity index is 1760. The fourth-order valence-corrected chi connectivity index (χ4v) is 5.20. The molecule has 2 N–H and O–H groups in total. The lowest BCUT2D eigenvalue weighted by Gasteiger charge is -2.31. The summed E-state index contributed by atoms with van der Waals surface area (Å²) in [7, 11) is 0. The first kappa shape index (κ1) is 25.2. The smallest absolute Gasteiger partial charge is 0.164 e. The minimum atomic E-state index is -0.670. The molecule has 2 aromatic heterocycles. The monoisotopic (exact) mass is 535 g/mol. The number of anilines is 1. The van der Waals surface area contributed by atoms with Crippen LogP contribution in [0.15, 0.2) is 84.9 Å². The number of benzene rings is 3. The van der Waals surface area contributed by atoms with Crippen LogP contribution >= 0.6 is 0 Å². The molecule has 2 unspecified atom stereocenters. The molecule has 0 bridgehead atoms. The van der Waals surface area contributed by atoms with Gasteiger partial charge in [0.05, 0.1) is 17.9 Å². The quantitative estimate of drug-likeness (QED) is 0.256. The highest BCUT2D eigenvalue weighted by molar-refractivity contribution is 5.98. The van der Waals surface area contributed by atoms with E-state index >= 15 is 0 Å². The number of hydrogen-bond acceptors (Lipinski definition) is 7. The minimum Gasteiger partial charge on any atom is -0.494 e. The van der Waals surface area contributed by atoms with Gasteiger partial charge in [-0.25, -0.2) is 19.0 Å². The Hall–Kier alpha value is -5.05. The number of halogens is 1. The van der Waals surface area contributed by atoms with Gasteiger partial charge < -0.3 is 20.0 Å². The molecule has 0 saturated heterocycles. The van der Waals surface area contributed by atoms with Crippen LogP contribution in [-0.4, -0.2) is 32.6 Å². The number of aldehydes is 1. The zero-order valence-electron chi connectivity index (χ0n) is 21.9. The number of hydrogen-bond donors (Lipinski definition) is 1. The van der Waals surface area contributed by atoms with Gasteiger partial charge in [-0.2, -0.15) is 5.10 Å². The molecule has 1 aliphatic rings. The number of nitrogen functional groups attached to an aromatic ring is 1. The maximum Gasteiger partial charge on any atom is 0.164 e. The van der Waals surface area contributed by atoms with Gasteiger partial charge in [0.1, 0.15) is 53.2 Å². The molecule has 0 saturated carbocycles. The minimum absolute atomic E-state index is 0.285. The highest BCUT2D eigenvalue weighted by atomic mass is 19.1. The van der Waals surface area contributed by atoms with Gasteiger partial charge in [0.25, 0.3) is 0 Å². The van der Waals surface area contributed by atoms with Crippen molar-refractivity contribution in [2.75, 3.05) is 12.3 Å². The predicted molar refractivity (Wildman–Crippen MR) is 150 cm³/mol. The van der Waals surface area contributed by atoms with Crippen molar-refractivity contribution >= 4 is 28.7 Å². The van der Waals surface area contributed by atoms with Crippen molar-refractivity contribution in [3.8, 4) is 22.8 Å². The van der Waals surface area contributed by atoms with Gasteiger partial charge in [-0.15, -0.1) is 0 Å². The average molecular weight is 536 g/mol. The van der Waals surface area contributed by atoms with Gasteiger partial charge >= 0.3 is 0 Å². The third kappa shape index (κ3) is 4.25. The van der Waals surface area contributed by atoms with E-state index in [1.165, 1.54) is 18.5 Å². The summed E-state index contributed by atoms with van der Waals surface area (Å²) >= 11 is 0. The van der Waals surface area contributed by atoms with Gasteiger partial charge in [0, 0.05) is 16.7 Å². The van der Waals surface area contributed by atoms with E-state index in [-0.39, 0.29) is 5.82 Å². The summed E-state index contributed by atoms with van der Waals surface area (Å²) in [6.07, 6.45) is 2.25. The number of allylic oxidation sites excluding steroid dienone is 2. The molecule has 3 heterocycles. The molecular weight excluding hydrogens is 509 g/mol. The Kier molecular flexibility index (Phi) is 6.47. The maximum absolute atomic E-state index is 14.4. The summed E-state index contributed by atoms with van der Waals surface area (Å²) in [5.74, 6) is 0.957. The van der Waals surface area contributed by atoms with Crippen molar-refractivity contribution in [3.63, 3.8) is 0 Å². The molecule has 6 rings (SSSR count). The van der Waals surface area contributed by atoms with Crippen LogP contribution in [0.5, 0.6) is 11.5 Å². The van der Waals surface area contributed by atoms with Crippen molar-refractivity contribution in [3.05, 3.63) is 102 Å². The molecule has 0 spiro atoms. The van der Waals surface area contributed by atoms with E-state index in [4.69, 9.17) is 20.3 Å². The second-order valence-electron chi connectivity index (χ2n) is 9.43. The summed E-state index contributed by atoms with van der Waals surface area (Å²) in [5.41, 5.74) is 10.1. The number of ether oxygens (including phenoxy) is 2. The Morgan fingerprint density at radius 2 is 1.88 bits per heavy atom. The van der Waals surface area contributed by atoms with Gasteiger partial charge in [-0.3, -0.25) is 0 Å². The molecule has 8 nitrogen and oxygen atoms in total. The number of nitrogens with zero attached hydrogens (tertiary/aromatic N) is 4. The first-order valence-corrected chi connectivity index (χ1v) is 12.9. The lowest BCUT2D eigenvalue weighted by molar-refractivity contribution is -0.108. The van der Waals surface area contributed by atoms with E-state index in [9.17, 15) is 9.18 Å². The first-order valence-electron chi connectivity index (χ1n) is 12.9. The molecule has 0 radical (unpaired) electrons. The lowest BCUT2D eigenvalue weighted by atomic mass is 9.83. The average Bonchev–Trinajstić information content (AvgIpc) is 3.37. The van der Waals surface area contributed by atoms with Crippen LogP contribution in [0.4, 0.5) is 10.2 Å². The number of carbonyl (C=O) groups excluding carboxylic acids is 1. The van der Waals surface area contributed by atoms with Gasteiger partial charge in [0.2, 0.25) is 0 Å². The summed E-state index contributed by atoms with van der Waals surface area (Å²) in [6.45, 7) is 4.39. The molecule has 3 aromatic carbocycles. The van der Waals surface area contributed by atoms with Crippen molar-refractivity contribution < 1.29 is 18.7 Å². The first-order chi connectivity index (χ1) is 19.5. The molecule has 1 aliphatic heterocycles. The molecule has 0 aliphatic carbocycles. The molecule has 200 valence electrons. The zero-order valence-corrected chi connectivity index (χ0v) is 21.9. The molecule has 2 atom stereocenters. The van der Waals surface area contributed by atoms with Crippen LogP contribution in [0.25, 0.3) is 27.9 Å². The van der Waals surface area contributed by atoms with Crippen molar-refractivity contribution in [1.82, 2.24) is 19.7 Å². The van der Waals surface area contributed by atoms with Crippen molar-refractivity contribution in [1.29, 1.82) is 0 Å². The SMILES string of the molecule is CCOc1ccc(-c2nn(C(C)C3=C(c4cccc(F)c4)C(C=O)c4ccccc4O3)c3ncnc(N)c23)cc1. The van der Waals surface area contributed by atoms with Crippen LogP contribution in [0.3, 0.4) is 0 Å². The topological polar surface area (TPSA) is 105 Å². The van der Waals surface area contributed by atoms with Crippen LogP contribution in [-0.2, 0) is 4.79 Å². The summed E-state index contributed by atoms with van der Waals surface area (Å²) in [4.78, 5) is 21.3. The second kappa shape index (κ2) is 10.3. The normalized spacial score (nSPS) is 15.4. The highest BCUT2D eigenvalue weighted by Gasteiger charge is 2.35. The highest BCUT2D eigenvalue weighted by Crippen LogP contribution is 2.46. The van der Waals surface area contributed by atoms with Crippen LogP contribution in [0, 0.1) is 5.82 Å². The fourth-order valence-electron chi connectivity index (χ4n) is 5.20. The maximum atomic E-state index is 14.4. The summed E-state index contributed by atoms with van der Waals surface area (Å²) < 4.78 is 28.2. The number of carbonyl (C=O) groups is 1. The third-order valence-corrected chi connectivity index (χ3v) is 7.03. The standard InChI is InChI=1S/C31H26FN5O3/c1-3-39-22-13-11-19(12-14-22)28-27-30(33)34-17-35-31(27)37(36-28)18(2)29-26(20-7-6-8-21(32)15-20)24(16-38)23-9-4-5-10-25(23)40-29/h4-18,24H,3H2,1-2H3,(H2,33,34,35). The van der Waals surface area contributed by atoms with Gasteiger partial charge in [0.15, 0.2) is 5.65 Å². The van der Waals surface area contributed by atoms with E-state index in [1.54, 1.807) is 16.8 Å². The number of rotatable bonds is 7. The van der Waals surface area contributed by atoms with E-state index < -0.39 is 17.8 Å². The van der Waals surface area contributed by atoms with Gasteiger partial charge in [-0.1, -0.05) is 30.3 Å². The van der Waals surface area contributed by atoms with Crippen LogP contribution in [0.2, 0.25) is 0 Å². The molecule has 0 amide bonds. The van der Waals surface area contributed by atoms with E-state index in [0.717, 1.165) is 17.6 Å². The lowest BCUT2D eigenvalue weighted by Crippen LogP contribution is -2.23. The largest absolute Gasteiger partial charge is 0.494 e. The van der Waals surface area contributed by atoms with E-state index in [0.29, 0.717) is 51.5 Å². The fraction of sp³-hybridized carbons (Fsp3) is 0.161. The van der Waals surface area contributed by atoms with Crippen molar-refractivity contribution in [2.45, 2.75) is 25.8 Å². The van der Waals surface area contributed by atoms with E-state index in [2.05, 4.69) is 9.97 Å². The van der Waals surface area contributed by atoms with E-state index in [1.807, 2.05) is 62.4 Å². The van der Waals surface area contributed by atoms with Crippen LogP contribution < -0.4 is 15.2 Å². The summed E-state index contributed by atoms with van der Waals surface area (Å²) in [5, 5.41) is 5.53. The van der Waals surface area contributed by atoms with Crippen LogP contribution in [0.1, 0.15) is 36.9 Å². The molecular formula is C31H26FN5O3. The molecule has 40 heavy (non-hydrogen) atoms. The number of aromatic nitrogens is 4. The number of nitrogens with two attached hydrogens (primary N) is 1. The molecule has 9 heteroatoms. The second-order valence-corrected chi connectivity index (χ2v) is 9.43. The molecule has 5 aromatic rings. The van der Waals surface area contributed by atoms with Crippen molar-refractivity contribution in [2.24, 2.45) is 0 Å². The Morgan fingerprint density at radius 1 is 1.07 bits per heavy atom. The Morgan fingerprint density at radius 3 is 2.62 bits per heavy atom. The molecule has 0 fully saturated rings. The predicted octanol–water partition coefficient (Wildman–Crippen LogP) is 5.96. The summed E-state index contributed by atoms with van der Waals surface area (Å²) in [6, 6.07) is 20.5. The van der Waals surface area contributed by atoms with Gasteiger partial charge in [-0.05, 0) is 61.9 Å². The third-order valence-electron chi connectivity index (χ3n) is 7.03. The number of fused-ring (bicyclic) bond motifs is 2. The Labute approximate surface area is 229 Å². The Balaban J connectivity index is 1.56. The zero-order chi connectivity index (χ0) is 27.8.